The molecule has 19 heavy (non-hydrogen) atoms. The molecule has 0 aliphatic carbocycles. The molecule has 3 nitrogen and oxygen atoms in total. The summed E-state index contributed by atoms with van der Waals surface area (Å²) in [5.74, 6) is -0.757. The summed E-state index contributed by atoms with van der Waals surface area (Å²) in [6, 6.07) is 5.76. The maximum absolute atomic E-state index is 10.8. The highest BCUT2D eigenvalue weighted by atomic mass is 35.5. The number of carboxylic acid groups (broad SMARTS) is 1. The molecule has 1 aromatic carbocycles. The lowest BCUT2D eigenvalue weighted by atomic mass is 10.1. The molecule has 0 aliphatic rings. The molecule has 4 heteroatoms. The van der Waals surface area contributed by atoms with E-state index in [9.17, 15) is 4.79 Å². The molecule has 0 unspecified atom stereocenters. The second-order valence-corrected chi connectivity index (χ2v) is 5.21. The lowest BCUT2D eigenvalue weighted by Gasteiger charge is -2.26. The number of unbranched alkanes of at least 4 members (excludes halogenated alkanes) is 2. The summed E-state index contributed by atoms with van der Waals surface area (Å²) in [6.07, 6.45) is 3.56. The van der Waals surface area contributed by atoms with Gasteiger partial charge in [-0.25, -0.2) is 0 Å². The van der Waals surface area contributed by atoms with E-state index in [0.29, 0.717) is 11.6 Å². The number of aliphatic carboxylic acids is 1. The zero-order valence-electron chi connectivity index (χ0n) is 11.7. The van der Waals surface area contributed by atoms with Gasteiger partial charge in [-0.15, -0.1) is 0 Å². The van der Waals surface area contributed by atoms with E-state index < -0.39 is 5.97 Å². The summed E-state index contributed by atoms with van der Waals surface area (Å²) in [5.41, 5.74) is 2.18. The number of benzene rings is 1. The van der Waals surface area contributed by atoms with Crippen LogP contribution in [0.15, 0.2) is 18.2 Å². The Morgan fingerprint density at radius 3 is 2.63 bits per heavy atom. The second-order valence-electron chi connectivity index (χ2n) is 4.77. The molecule has 1 rings (SSSR count). The standard InChI is InChI=1S/C15H22ClNO2/c1-3-4-5-9-17(10-8-15(18)19)14-7-6-13(16)11-12(14)2/h6-7,11H,3-5,8-10H2,1-2H3,(H,18,19). The van der Waals surface area contributed by atoms with Gasteiger partial charge in [-0.3, -0.25) is 4.79 Å². The average molecular weight is 284 g/mol. The van der Waals surface area contributed by atoms with E-state index in [4.69, 9.17) is 16.7 Å². The Balaban J connectivity index is 2.77. The van der Waals surface area contributed by atoms with Gasteiger partial charge in [0.05, 0.1) is 6.42 Å². The highest BCUT2D eigenvalue weighted by Crippen LogP contribution is 2.24. The van der Waals surface area contributed by atoms with Crippen molar-refractivity contribution in [3.63, 3.8) is 0 Å². The van der Waals surface area contributed by atoms with Crippen LogP contribution in [0.4, 0.5) is 5.69 Å². The number of hydrogen-bond acceptors (Lipinski definition) is 2. The van der Waals surface area contributed by atoms with Crippen molar-refractivity contribution in [2.75, 3.05) is 18.0 Å². The quantitative estimate of drug-likeness (QED) is 0.730. The predicted octanol–water partition coefficient (Wildman–Crippen LogP) is 4.12. The van der Waals surface area contributed by atoms with Gasteiger partial charge < -0.3 is 10.0 Å². The summed E-state index contributed by atoms with van der Waals surface area (Å²) < 4.78 is 0. The van der Waals surface area contributed by atoms with E-state index in [2.05, 4.69) is 11.8 Å². The molecule has 0 bridgehead atoms. The minimum absolute atomic E-state index is 0.161. The Labute approximate surface area is 120 Å². The number of anilines is 1. The summed E-state index contributed by atoms with van der Waals surface area (Å²) in [7, 11) is 0. The fourth-order valence-corrected chi connectivity index (χ4v) is 2.34. The molecule has 106 valence electrons. The molecule has 0 spiro atoms. The molecule has 0 atom stereocenters. The van der Waals surface area contributed by atoms with Crippen molar-refractivity contribution in [2.45, 2.75) is 39.5 Å². The van der Waals surface area contributed by atoms with Crippen LogP contribution in [0.3, 0.4) is 0 Å². The van der Waals surface area contributed by atoms with Crippen molar-refractivity contribution in [2.24, 2.45) is 0 Å². The fourth-order valence-electron chi connectivity index (χ4n) is 2.11. The summed E-state index contributed by atoms with van der Waals surface area (Å²) in [6.45, 7) is 5.61. The topological polar surface area (TPSA) is 40.5 Å². The molecular weight excluding hydrogens is 262 g/mol. The summed E-state index contributed by atoms with van der Waals surface area (Å²) >= 11 is 5.96. The number of hydrogen-bond donors (Lipinski definition) is 1. The highest BCUT2D eigenvalue weighted by Gasteiger charge is 2.11. The molecule has 0 heterocycles. The molecule has 0 amide bonds. The second kappa shape index (κ2) is 8.05. The van der Waals surface area contributed by atoms with Gasteiger partial charge in [0, 0.05) is 23.8 Å². The molecule has 0 aliphatic heterocycles. The third kappa shape index (κ3) is 5.52. The van der Waals surface area contributed by atoms with Gasteiger partial charge in [-0.2, -0.15) is 0 Å². The number of rotatable bonds is 8. The van der Waals surface area contributed by atoms with Gasteiger partial charge in [0.25, 0.3) is 0 Å². The Hall–Kier alpha value is -1.22. The number of halogens is 1. The van der Waals surface area contributed by atoms with Crippen LogP contribution in [0.1, 0.15) is 38.2 Å². The fraction of sp³-hybridized carbons (Fsp3) is 0.533. The van der Waals surface area contributed by atoms with Crippen molar-refractivity contribution in [1.29, 1.82) is 0 Å². The maximum Gasteiger partial charge on any atom is 0.305 e. The smallest absolute Gasteiger partial charge is 0.305 e. The lowest BCUT2D eigenvalue weighted by molar-refractivity contribution is -0.136. The lowest BCUT2D eigenvalue weighted by Crippen LogP contribution is -2.28. The van der Waals surface area contributed by atoms with Gasteiger partial charge in [0.2, 0.25) is 0 Å². The van der Waals surface area contributed by atoms with Crippen LogP contribution in [0.25, 0.3) is 0 Å². The van der Waals surface area contributed by atoms with E-state index >= 15 is 0 Å². The van der Waals surface area contributed by atoms with Crippen molar-refractivity contribution < 1.29 is 9.90 Å². The van der Waals surface area contributed by atoms with Crippen LogP contribution >= 0.6 is 11.6 Å². The zero-order valence-corrected chi connectivity index (χ0v) is 12.4. The number of aryl methyl sites for hydroxylation is 1. The molecule has 1 N–H and O–H groups in total. The summed E-state index contributed by atoms with van der Waals surface area (Å²) in [5, 5.41) is 9.56. The Kier molecular flexibility index (Phi) is 6.71. The molecule has 0 fully saturated rings. The van der Waals surface area contributed by atoms with Crippen LogP contribution in [-0.2, 0) is 4.79 Å². The van der Waals surface area contributed by atoms with Gasteiger partial charge in [-0.1, -0.05) is 31.4 Å². The van der Waals surface area contributed by atoms with Gasteiger partial charge in [0.1, 0.15) is 0 Å². The van der Waals surface area contributed by atoms with E-state index in [0.717, 1.165) is 37.1 Å². The molecular formula is C15H22ClNO2. The first kappa shape index (κ1) is 15.8. The van der Waals surface area contributed by atoms with Gasteiger partial charge >= 0.3 is 5.97 Å². The molecule has 0 saturated heterocycles. The van der Waals surface area contributed by atoms with Crippen molar-refractivity contribution >= 4 is 23.3 Å². The minimum Gasteiger partial charge on any atom is -0.481 e. The highest BCUT2D eigenvalue weighted by molar-refractivity contribution is 6.30. The average Bonchev–Trinajstić information content (AvgIpc) is 2.34. The first-order chi connectivity index (χ1) is 9.04. The van der Waals surface area contributed by atoms with Crippen LogP contribution in [0.2, 0.25) is 5.02 Å². The molecule has 0 aromatic heterocycles. The van der Waals surface area contributed by atoms with E-state index in [1.165, 1.54) is 0 Å². The predicted molar refractivity (Wildman–Crippen MR) is 80.2 cm³/mol. The monoisotopic (exact) mass is 283 g/mol. The van der Waals surface area contributed by atoms with Crippen molar-refractivity contribution in [3.05, 3.63) is 28.8 Å². The molecule has 0 saturated carbocycles. The number of nitrogens with zero attached hydrogens (tertiary/aromatic N) is 1. The third-order valence-corrected chi connectivity index (χ3v) is 3.36. The maximum atomic E-state index is 10.8. The van der Waals surface area contributed by atoms with Crippen LogP contribution in [0.5, 0.6) is 0 Å². The van der Waals surface area contributed by atoms with Crippen LogP contribution in [-0.4, -0.2) is 24.2 Å². The van der Waals surface area contributed by atoms with E-state index in [-0.39, 0.29) is 6.42 Å². The van der Waals surface area contributed by atoms with Crippen molar-refractivity contribution in [1.82, 2.24) is 0 Å². The zero-order chi connectivity index (χ0) is 14.3. The SMILES string of the molecule is CCCCCN(CCC(=O)O)c1ccc(Cl)cc1C. The normalized spacial score (nSPS) is 10.5. The molecule has 0 radical (unpaired) electrons. The first-order valence-corrected chi connectivity index (χ1v) is 7.15. The number of carbonyl (C=O) groups is 1. The van der Waals surface area contributed by atoms with Crippen LogP contribution in [0, 0.1) is 6.92 Å². The van der Waals surface area contributed by atoms with Crippen LogP contribution < -0.4 is 4.90 Å². The molecule has 1 aromatic rings. The van der Waals surface area contributed by atoms with Gasteiger partial charge in [0.15, 0.2) is 0 Å². The largest absolute Gasteiger partial charge is 0.481 e. The number of carboxylic acids is 1. The Morgan fingerprint density at radius 2 is 2.05 bits per heavy atom. The third-order valence-electron chi connectivity index (χ3n) is 3.13. The van der Waals surface area contributed by atoms with E-state index in [1.54, 1.807) is 0 Å². The summed E-state index contributed by atoms with van der Waals surface area (Å²) in [4.78, 5) is 12.9. The van der Waals surface area contributed by atoms with Crippen molar-refractivity contribution in [3.8, 4) is 0 Å². The Morgan fingerprint density at radius 1 is 1.32 bits per heavy atom. The van der Waals surface area contributed by atoms with Gasteiger partial charge in [-0.05, 0) is 37.1 Å². The van der Waals surface area contributed by atoms with E-state index in [1.807, 2.05) is 25.1 Å². The Bertz CT molecular complexity index is 421. The first-order valence-electron chi connectivity index (χ1n) is 6.77. The minimum atomic E-state index is -0.757.